The normalized spacial score (nSPS) is 15.3. The van der Waals surface area contributed by atoms with Crippen molar-refractivity contribution in [2.24, 2.45) is 5.41 Å². The third-order valence-electron chi connectivity index (χ3n) is 3.33. The number of alkyl halides is 3. The van der Waals surface area contributed by atoms with E-state index in [1.165, 1.54) is 12.1 Å². The van der Waals surface area contributed by atoms with Crippen LogP contribution in [-0.2, 0) is 6.18 Å². The van der Waals surface area contributed by atoms with Crippen molar-refractivity contribution in [3.05, 3.63) is 29.8 Å². The number of halogens is 3. The lowest BCUT2D eigenvalue weighted by Gasteiger charge is -2.40. The molecule has 0 spiro atoms. The van der Waals surface area contributed by atoms with Gasteiger partial charge in [-0.15, -0.1) is 6.42 Å². The van der Waals surface area contributed by atoms with Gasteiger partial charge in [0.05, 0.1) is 12.2 Å². The maximum atomic E-state index is 12.5. The van der Waals surface area contributed by atoms with Crippen molar-refractivity contribution in [3.63, 3.8) is 0 Å². The Bertz CT molecular complexity index is 494. The minimum Gasteiger partial charge on any atom is -0.393 e. The summed E-state index contributed by atoms with van der Waals surface area (Å²) in [7, 11) is 0. The molecule has 0 fully saturated rings. The molecule has 0 unspecified atom stereocenters. The number of benzene rings is 1. The van der Waals surface area contributed by atoms with Crippen molar-refractivity contribution in [1.82, 2.24) is 0 Å². The van der Waals surface area contributed by atoms with Gasteiger partial charge in [0.1, 0.15) is 5.54 Å². The van der Waals surface area contributed by atoms with Crippen LogP contribution in [0.3, 0.4) is 0 Å². The quantitative estimate of drug-likeness (QED) is 0.833. The van der Waals surface area contributed by atoms with Crippen molar-refractivity contribution < 1.29 is 18.3 Å². The van der Waals surface area contributed by atoms with Crippen LogP contribution in [0.15, 0.2) is 24.3 Å². The van der Waals surface area contributed by atoms with Gasteiger partial charge in [-0.3, -0.25) is 0 Å². The molecule has 0 aromatic heterocycles. The van der Waals surface area contributed by atoms with Gasteiger partial charge in [-0.05, 0) is 29.7 Å². The SMILES string of the molecule is C#C[C@@](CO)(Nc1ccc(C(F)(F)F)cc1)C(C)(C)C. The summed E-state index contributed by atoms with van der Waals surface area (Å²) in [6.45, 7) is 5.22. The molecule has 1 aromatic carbocycles. The highest BCUT2D eigenvalue weighted by atomic mass is 19.4. The number of rotatable bonds is 3. The molecular formula is C15H18F3NO. The molecule has 0 aliphatic heterocycles. The fourth-order valence-corrected chi connectivity index (χ4v) is 1.75. The number of nitrogens with one attached hydrogen (secondary N) is 1. The number of aliphatic hydroxyl groups is 1. The summed E-state index contributed by atoms with van der Waals surface area (Å²) in [4.78, 5) is 0. The number of anilines is 1. The second-order valence-electron chi connectivity index (χ2n) is 5.66. The van der Waals surface area contributed by atoms with E-state index in [4.69, 9.17) is 6.42 Å². The zero-order chi connectivity index (χ0) is 15.6. The predicted molar refractivity (Wildman–Crippen MR) is 73.2 cm³/mol. The van der Waals surface area contributed by atoms with Crippen LogP contribution >= 0.6 is 0 Å². The average Bonchev–Trinajstić information content (AvgIpc) is 2.34. The molecule has 1 rings (SSSR count). The van der Waals surface area contributed by atoms with Crippen molar-refractivity contribution in [1.29, 1.82) is 0 Å². The number of terminal acetylenes is 1. The lowest BCUT2D eigenvalue weighted by Crippen LogP contribution is -2.51. The minimum atomic E-state index is -4.37. The standard InChI is InChI=1S/C15H18F3NO/c1-5-14(10-20,13(2,3)4)19-12-8-6-11(7-9-12)15(16,17)18/h1,6-9,19-20H,10H2,2-4H3/t14-/m0/s1. The first kappa shape index (κ1) is 16.4. The monoisotopic (exact) mass is 285 g/mol. The first-order chi connectivity index (χ1) is 9.05. The number of aliphatic hydroxyl groups excluding tert-OH is 1. The van der Waals surface area contributed by atoms with Crippen molar-refractivity contribution in [3.8, 4) is 12.3 Å². The van der Waals surface area contributed by atoms with Crippen LogP contribution in [0.1, 0.15) is 26.3 Å². The Morgan fingerprint density at radius 2 is 1.65 bits per heavy atom. The molecule has 1 aromatic rings. The largest absolute Gasteiger partial charge is 0.416 e. The van der Waals surface area contributed by atoms with Crippen LogP contribution in [0.4, 0.5) is 18.9 Å². The highest BCUT2D eigenvalue weighted by Gasteiger charge is 2.40. The van der Waals surface area contributed by atoms with Gasteiger partial charge in [0.15, 0.2) is 0 Å². The lowest BCUT2D eigenvalue weighted by molar-refractivity contribution is -0.137. The maximum Gasteiger partial charge on any atom is 0.416 e. The topological polar surface area (TPSA) is 32.3 Å². The van der Waals surface area contributed by atoms with E-state index >= 15 is 0 Å². The van der Waals surface area contributed by atoms with Crippen LogP contribution in [0.25, 0.3) is 0 Å². The van der Waals surface area contributed by atoms with Gasteiger partial charge >= 0.3 is 6.18 Å². The smallest absolute Gasteiger partial charge is 0.393 e. The van der Waals surface area contributed by atoms with E-state index in [0.717, 1.165) is 12.1 Å². The second kappa shape index (κ2) is 5.37. The molecule has 0 bridgehead atoms. The molecule has 0 heterocycles. The summed E-state index contributed by atoms with van der Waals surface area (Å²) in [5, 5.41) is 12.5. The van der Waals surface area contributed by atoms with E-state index in [9.17, 15) is 18.3 Å². The lowest BCUT2D eigenvalue weighted by atomic mass is 9.74. The molecule has 0 aliphatic rings. The van der Waals surface area contributed by atoms with Gasteiger partial charge in [-0.2, -0.15) is 13.2 Å². The summed E-state index contributed by atoms with van der Waals surface area (Å²) >= 11 is 0. The van der Waals surface area contributed by atoms with Crippen molar-refractivity contribution in [2.45, 2.75) is 32.5 Å². The van der Waals surface area contributed by atoms with E-state index < -0.39 is 22.7 Å². The van der Waals surface area contributed by atoms with Crippen LogP contribution in [0.2, 0.25) is 0 Å². The van der Waals surface area contributed by atoms with Gasteiger partial charge in [-0.1, -0.05) is 26.7 Å². The average molecular weight is 285 g/mol. The summed E-state index contributed by atoms with van der Waals surface area (Å²) < 4.78 is 37.5. The Morgan fingerprint density at radius 3 is 1.95 bits per heavy atom. The van der Waals surface area contributed by atoms with Gasteiger partial charge in [0, 0.05) is 5.69 Å². The molecule has 0 saturated carbocycles. The van der Waals surface area contributed by atoms with Crippen molar-refractivity contribution >= 4 is 5.69 Å². The molecule has 110 valence electrons. The van der Waals surface area contributed by atoms with Gasteiger partial charge < -0.3 is 10.4 Å². The van der Waals surface area contributed by atoms with Crippen LogP contribution < -0.4 is 5.32 Å². The van der Waals surface area contributed by atoms with E-state index in [-0.39, 0.29) is 6.61 Å². The Labute approximate surface area is 117 Å². The first-order valence-electron chi connectivity index (χ1n) is 6.10. The first-order valence-corrected chi connectivity index (χ1v) is 6.10. The van der Waals surface area contributed by atoms with E-state index in [1.54, 1.807) is 0 Å². The number of hydrogen-bond donors (Lipinski definition) is 2. The second-order valence-corrected chi connectivity index (χ2v) is 5.66. The van der Waals surface area contributed by atoms with Gasteiger partial charge in [0.25, 0.3) is 0 Å². The summed E-state index contributed by atoms with van der Waals surface area (Å²) in [5.41, 5.74) is -1.82. The minimum absolute atomic E-state index is 0.325. The Morgan fingerprint density at radius 1 is 1.15 bits per heavy atom. The van der Waals surface area contributed by atoms with Gasteiger partial charge in [-0.25, -0.2) is 0 Å². The molecule has 0 aliphatic carbocycles. The molecule has 0 saturated heterocycles. The predicted octanol–water partition coefficient (Wildman–Crippen LogP) is 3.53. The summed E-state index contributed by atoms with van der Waals surface area (Å²) in [6, 6.07) is 4.56. The molecular weight excluding hydrogens is 267 g/mol. The van der Waals surface area contributed by atoms with Crippen LogP contribution in [0.5, 0.6) is 0 Å². The zero-order valence-corrected chi connectivity index (χ0v) is 11.7. The van der Waals surface area contributed by atoms with Crippen LogP contribution in [-0.4, -0.2) is 17.3 Å². The molecule has 0 amide bonds. The summed E-state index contributed by atoms with van der Waals surface area (Å²) in [5.74, 6) is 2.52. The molecule has 5 heteroatoms. The van der Waals surface area contributed by atoms with Crippen LogP contribution in [0, 0.1) is 17.8 Å². The number of hydrogen-bond acceptors (Lipinski definition) is 2. The Balaban J connectivity index is 3.06. The molecule has 2 N–H and O–H groups in total. The molecule has 1 atom stereocenters. The third kappa shape index (κ3) is 3.26. The van der Waals surface area contributed by atoms with Gasteiger partial charge in [0.2, 0.25) is 0 Å². The fourth-order valence-electron chi connectivity index (χ4n) is 1.75. The maximum absolute atomic E-state index is 12.5. The van der Waals surface area contributed by atoms with E-state index in [1.807, 2.05) is 20.8 Å². The fraction of sp³-hybridized carbons (Fsp3) is 0.467. The van der Waals surface area contributed by atoms with Crippen molar-refractivity contribution in [2.75, 3.05) is 11.9 Å². The van der Waals surface area contributed by atoms with E-state index in [0.29, 0.717) is 5.69 Å². The Kier molecular flexibility index (Phi) is 4.40. The molecule has 20 heavy (non-hydrogen) atoms. The highest BCUT2D eigenvalue weighted by Crippen LogP contribution is 2.34. The summed E-state index contributed by atoms with van der Waals surface area (Å²) in [6.07, 6.45) is 1.13. The highest BCUT2D eigenvalue weighted by molar-refractivity contribution is 5.50. The zero-order valence-electron chi connectivity index (χ0n) is 11.7. The molecule has 2 nitrogen and oxygen atoms in total. The third-order valence-corrected chi connectivity index (χ3v) is 3.33. The van der Waals surface area contributed by atoms with E-state index in [2.05, 4.69) is 11.2 Å². The Hall–Kier alpha value is -1.67. The molecule has 0 radical (unpaired) electrons.